The summed E-state index contributed by atoms with van der Waals surface area (Å²) < 4.78 is 7.46. The number of carbonyl (C=O) groups is 1. The molecular formula is C22H27N5O5. The lowest BCUT2D eigenvalue weighted by atomic mass is 10.0. The first-order valence-electron chi connectivity index (χ1n) is 10.6. The van der Waals surface area contributed by atoms with Gasteiger partial charge in [0.2, 0.25) is 0 Å². The molecule has 0 aliphatic carbocycles. The van der Waals surface area contributed by atoms with E-state index in [4.69, 9.17) is 4.74 Å². The Morgan fingerprint density at radius 2 is 1.88 bits per heavy atom. The largest absolute Gasteiger partial charge is 0.394 e. The number of benzene rings is 1. The molecule has 170 valence electrons. The van der Waals surface area contributed by atoms with Crippen LogP contribution in [-0.2, 0) is 4.74 Å². The molecule has 0 radical (unpaired) electrons. The monoisotopic (exact) mass is 441 g/mol. The Morgan fingerprint density at radius 3 is 2.50 bits per heavy atom. The molecule has 1 saturated heterocycles. The van der Waals surface area contributed by atoms with Crippen LogP contribution in [0.25, 0.3) is 22.3 Å². The molecule has 1 amide bonds. The van der Waals surface area contributed by atoms with Crippen LogP contribution in [0.4, 0.5) is 5.82 Å². The van der Waals surface area contributed by atoms with E-state index in [9.17, 15) is 20.1 Å². The van der Waals surface area contributed by atoms with Crippen molar-refractivity contribution in [3.63, 3.8) is 0 Å². The van der Waals surface area contributed by atoms with Gasteiger partial charge in [-0.1, -0.05) is 30.3 Å². The summed E-state index contributed by atoms with van der Waals surface area (Å²) in [5.41, 5.74) is 1.88. The Bertz CT molecular complexity index is 1100. The fourth-order valence-corrected chi connectivity index (χ4v) is 4.13. The molecule has 1 aliphatic heterocycles. The van der Waals surface area contributed by atoms with E-state index in [-0.39, 0.29) is 5.91 Å². The van der Waals surface area contributed by atoms with E-state index in [1.807, 2.05) is 44.2 Å². The Balaban J connectivity index is 2.08. The molecular weight excluding hydrogens is 414 g/mol. The van der Waals surface area contributed by atoms with Gasteiger partial charge in [-0.2, -0.15) is 0 Å². The number of amides is 1. The van der Waals surface area contributed by atoms with Crippen LogP contribution < -0.4 is 10.6 Å². The third-order valence-corrected chi connectivity index (χ3v) is 5.51. The van der Waals surface area contributed by atoms with Gasteiger partial charge in [0.15, 0.2) is 6.23 Å². The van der Waals surface area contributed by atoms with E-state index in [0.717, 1.165) is 0 Å². The number of aromatic nitrogens is 3. The van der Waals surface area contributed by atoms with Gasteiger partial charge in [-0.3, -0.25) is 9.36 Å². The predicted octanol–water partition coefficient (Wildman–Crippen LogP) is 0.891. The number of nitrogens with zero attached hydrogens (tertiary/aromatic N) is 3. The Hall–Kier alpha value is -3.05. The Kier molecular flexibility index (Phi) is 6.38. The topological polar surface area (TPSA) is 142 Å². The highest BCUT2D eigenvalue weighted by Crippen LogP contribution is 2.42. The van der Waals surface area contributed by atoms with Gasteiger partial charge in [0.25, 0.3) is 5.91 Å². The van der Waals surface area contributed by atoms with Crippen molar-refractivity contribution in [1.29, 1.82) is 0 Å². The number of hydrogen-bond donors (Lipinski definition) is 5. The van der Waals surface area contributed by atoms with Gasteiger partial charge in [-0.15, -0.1) is 0 Å². The zero-order valence-electron chi connectivity index (χ0n) is 17.9. The van der Waals surface area contributed by atoms with Crippen LogP contribution in [0, 0.1) is 0 Å². The lowest BCUT2D eigenvalue weighted by Gasteiger charge is -2.21. The van der Waals surface area contributed by atoms with E-state index in [1.165, 1.54) is 6.33 Å². The zero-order valence-corrected chi connectivity index (χ0v) is 17.9. The number of hydrogen-bond acceptors (Lipinski definition) is 8. The second-order valence-electron chi connectivity index (χ2n) is 7.50. The maximum atomic E-state index is 13.3. The molecule has 2 aromatic heterocycles. The van der Waals surface area contributed by atoms with Crippen LogP contribution in [-0.4, -0.2) is 73.8 Å². The number of ether oxygens (including phenoxy) is 1. The third-order valence-electron chi connectivity index (χ3n) is 5.51. The normalized spacial score (nSPS) is 22.9. The lowest BCUT2D eigenvalue weighted by Crippen LogP contribution is -2.33. The first-order valence-corrected chi connectivity index (χ1v) is 10.6. The van der Waals surface area contributed by atoms with Gasteiger partial charge in [0.1, 0.15) is 36.1 Å². The summed E-state index contributed by atoms with van der Waals surface area (Å²) in [7, 11) is 0. The zero-order chi connectivity index (χ0) is 22.8. The molecule has 1 aliphatic rings. The van der Waals surface area contributed by atoms with Crippen molar-refractivity contribution in [2.24, 2.45) is 0 Å². The first-order chi connectivity index (χ1) is 15.5. The molecule has 0 saturated carbocycles. The molecule has 32 heavy (non-hydrogen) atoms. The van der Waals surface area contributed by atoms with Crippen molar-refractivity contribution >= 4 is 22.8 Å². The summed E-state index contributed by atoms with van der Waals surface area (Å²) in [5, 5.41) is 37.3. The van der Waals surface area contributed by atoms with Crippen molar-refractivity contribution in [2.45, 2.75) is 38.4 Å². The van der Waals surface area contributed by atoms with Crippen molar-refractivity contribution in [3.8, 4) is 11.3 Å². The van der Waals surface area contributed by atoms with Gasteiger partial charge in [0.05, 0.1) is 23.3 Å². The number of fused-ring (bicyclic) bond motifs is 1. The van der Waals surface area contributed by atoms with Crippen LogP contribution in [0.15, 0.2) is 36.7 Å². The van der Waals surface area contributed by atoms with E-state index < -0.39 is 31.1 Å². The van der Waals surface area contributed by atoms with Gasteiger partial charge in [-0.25, -0.2) is 9.97 Å². The highest BCUT2D eigenvalue weighted by molar-refractivity contribution is 6.15. The van der Waals surface area contributed by atoms with Crippen molar-refractivity contribution < 1.29 is 24.9 Å². The van der Waals surface area contributed by atoms with Gasteiger partial charge in [-0.05, 0) is 19.4 Å². The Morgan fingerprint density at radius 1 is 1.12 bits per heavy atom. The lowest BCUT2D eigenvalue weighted by molar-refractivity contribution is -0.0501. The maximum absolute atomic E-state index is 13.3. The smallest absolute Gasteiger partial charge is 0.254 e. The fraction of sp³-hybridized carbons (Fsp3) is 0.409. The highest BCUT2D eigenvalue weighted by Gasteiger charge is 2.45. The number of anilines is 1. The van der Waals surface area contributed by atoms with E-state index in [1.54, 1.807) is 4.57 Å². The van der Waals surface area contributed by atoms with Crippen LogP contribution in [0.2, 0.25) is 0 Å². The Labute approximate surface area is 184 Å². The first kappa shape index (κ1) is 22.2. The van der Waals surface area contributed by atoms with E-state index >= 15 is 0 Å². The highest BCUT2D eigenvalue weighted by atomic mass is 16.6. The summed E-state index contributed by atoms with van der Waals surface area (Å²) in [6.45, 7) is 4.27. The summed E-state index contributed by atoms with van der Waals surface area (Å²) in [6.07, 6.45) is -3.32. The van der Waals surface area contributed by atoms with Crippen molar-refractivity contribution in [2.75, 3.05) is 25.0 Å². The minimum Gasteiger partial charge on any atom is -0.394 e. The minimum absolute atomic E-state index is 0.323. The maximum Gasteiger partial charge on any atom is 0.254 e. The second kappa shape index (κ2) is 9.21. The minimum atomic E-state index is -1.34. The van der Waals surface area contributed by atoms with Crippen molar-refractivity contribution in [1.82, 2.24) is 19.9 Å². The van der Waals surface area contributed by atoms with Crippen LogP contribution in [0.5, 0.6) is 0 Å². The standard InChI is InChI=1S/C22H27N5O5/c1-3-23-19-15-14(21(31)24-4-2)16(12-8-6-5-7-9-12)27(20(15)26-11-25-19)22-18(30)17(29)13(10-28)32-22/h5-9,11,13,17-18,22,28-30H,3-4,10H2,1-2H3,(H,24,31)(H,23,25,26)/t13-,17-,18-,22-/m1/s1. The van der Waals surface area contributed by atoms with Crippen LogP contribution in [0.1, 0.15) is 30.4 Å². The quantitative estimate of drug-likeness (QED) is 0.364. The molecule has 4 atom stereocenters. The molecule has 4 rings (SSSR count). The number of aliphatic hydroxyl groups is 3. The molecule has 0 spiro atoms. The summed E-state index contributed by atoms with van der Waals surface area (Å²) in [4.78, 5) is 22.1. The molecule has 3 heterocycles. The van der Waals surface area contributed by atoms with Crippen LogP contribution in [0.3, 0.4) is 0 Å². The molecule has 0 bridgehead atoms. The van der Waals surface area contributed by atoms with Gasteiger partial charge in [0, 0.05) is 13.1 Å². The average Bonchev–Trinajstić information content (AvgIpc) is 3.30. The fourth-order valence-electron chi connectivity index (χ4n) is 4.13. The average molecular weight is 441 g/mol. The molecule has 10 heteroatoms. The van der Waals surface area contributed by atoms with E-state index in [2.05, 4.69) is 20.6 Å². The van der Waals surface area contributed by atoms with Gasteiger partial charge < -0.3 is 30.7 Å². The molecule has 1 aromatic carbocycles. The predicted molar refractivity (Wildman–Crippen MR) is 118 cm³/mol. The van der Waals surface area contributed by atoms with E-state index in [0.29, 0.717) is 46.8 Å². The molecule has 1 fully saturated rings. The number of nitrogens with one attached hydrogen (secondary N) is 2. The van der Waals surface area contributed by atoms with Gasteiger partial charge >= 0.3 is 0 Å². The SMILES string of the molecule is CCNC(=O)c1c(-c2ccccc2)n([C@@H]2O[C@H](CO)[C@@H](O)[C@H]2O)c2ncnc(NCC)c12. The second-order valence-corrected chi connectivity index (χ2v) is 7.50. The number of carbonyl (C=O) groups excluding carboxylic acids is 1. The number of aliphatic hydroxyl groups excluding tert-OH is 3. The molecule has 5 N–H and O–H groups in total. The van der Waals surface area contributed by atoms with Crippen molar-refractivity contribution in [3.05, 3.63) is 42.2 Å². The number of rotatable bonds is 7. The summed E-state index contributed by atoms with van der Waals surface area (Å²) in [6, 6.07) is 9.23. The molecule has 0 unspecified atom stereocenters. The molecule has 3 aromatic rings. The third kappa shape index (κ3) is 3.61. The van der Waals surface area contributed by atoms with Crippen LogP contribution >= 0.6 is 0 Å². The summed E-state index contributed by atoms with van der Waals surface area (Å²) >= 11 is 0. The molecule has 10 nitrogen and oxygen atoms in total. The summed E-state index contributed by atoms with van der Waals surface area (Å²) in [5.74, 6) is 0.150.